The van der Waals surface area contributed by atoms with Gasteiger partial charge in [-0.2, -0.15) is 0 Å². The number of ether oxygens (including phenoxy) is 1. The largest absolute Gasteiger partial charge is 0.371 e. The molecule has 0 spiro atoms. The molecule has 168 valence electrons. The van der Waals surface area contributed by atoms with Gasteiger partial charge in [0.2, 0.25) is 0 Å². The van der Waals surface area contributed by atoms with Crippen molar-refractivity contribution < 1.29 is 4.74 Å². The van der Waals surface area contributed by atoms with E-state index in [1.807, 2.05) is 0 Å². The van der Waals surface area contributed by atoms with Crippen LogP contribution in [0.4, 0.5) is 5.69 Å². The molecule has 0 bridgehead atoms. The third-order valence-electron chi connectivity index (χ3n) is 6.14. The van der Waals surface area contributed by atoms with Gasteiger partial charge in [0.05, 0.1) is 13.2 Å². The summed E-state index contributed by atoms with van der Waals surface area (Å²) in [6.07, 6.45) is 1.30. The minimum Gasteiger partial charge on any atom is -0.371 e. The monoisotopic (exact) mass is 534 g/mol. The van der Waals surface area contributed by atoms with Crippen molar-refractivity contribution in [2.45, 2.75) is 26.4 Å². The SMILES string of the molecule is CCNC(=NCC1CCN(c2ccccc2)C1)N1CCOC(c2ccccc2C)C1.I. The van der Waals surface area contributed by atoms with Crippen molar-refractivity contribution >= 4 is 35.6 Å². The molecule has 1 N–H and O–H groups in total. The lowest BCUT2D eigenvalue weighted by Crippen LogP contribution is -2.48. The third-order valence-corrected chi connectivity index (χ3v) is 6.14. The number of nitrogens with one attached hydrogen (secondary N) is 1. The van der Waals surface area contributed by atoms with Crippen molar-refractivity contribution in [3.8, 4) is 0 Å². The van der Waals surface area contributed by atoms with E-state index in [0.29, 0.717) is 5.92 Å². The highest BCUT2D eigenvalue weighted by molar-refractivity contribution is 14.0. The summed E-state index contributed by atoms with van der Waals surface area (Å²) in [6.45, 7) is 10.7. The number of benzene rings is 2. The molecule has 2 fully saturated rings. The van der Waals surface area contributed by atoms with Crippen LogP contribution in [0.1, 0.15) is 30.6 Å². The Bertz CT molecular complexity index is 844. The Hall–Kier alpha value is -1.80. The van der Waals surface area contributed by atoms with Gasteiger partial charge in [-0.3, -0.25) is 4.99 Å². The van der Waals surface area contributed by atoms with Gasteiger partial charge in [0.25, 0.3) is 0 Å². The molecule has 31 heavy (non-hydrogen) atoms. The number of nitrogens with zero attached hydrogens (tertiary/aromatic N) is 3. The van der Waals surface area contributed by atoms with Crippen LogP contribution in [0, 0.1) is 12.8 Å². The number of aryl methyl sites for hydroxylation is 1. The molecule has 0 amide bonds. The van der Waals surface area contributed by atoms with Gasteiger partial charge in [-0.1, -0.05) is 42.5 Å². The molecular weight excluding hydrogens is 499 g/mol. The van der Waals surface area contributed by atoms with Crippen molar-refractivity contribution in [2.24, 2.45) is 10.9 Å². The molecule has 0 radical (unpaired) electrons. The summed E-state index contributed by atoms with van der Waals surface area (Å²) in [4.78, 5) is 9.90. The Labute approximate surface area is 203 Å². The van der Waals surface area contributed by atoms with E-state index in [1.54, 1.807) is 0 Å². The maximum absolute atomic E-state index is 6.11. The molecule has 2 aromatic rings. The fourth-order valence-corrected chi connectivity index (χ4v) is 4.47. The highest BCUT2D eigenvalue weighted by Crippen LogP contribution is 2.26. The molecule has 2 saturated heterocycles. The van der Waals surface area contributed by atoms with Crippen LogP contribution >= 0.6 is 24.0 Å². The van der Waals surface area contributed by atoms with E-state index < -0.39 is 0 Å². The average molecular weight is 534 g/mol. The third kappa shape index (κ3) is 6.13. The fraction of sp³-hybridized carbons (Fsp3) is 0.480. The van der Waals surface area contributed by atoms with Crippen LogP contribution in [0.5, 0.6) is 0 Å². The molecule has 2 unspecified atom stereocenters. The molecule has 4 rings (SSSR count). The van der Waals surface area contributed by atoms with E-state index in [-0.39, 0.29) is 30.1 Å². The molecule has 2 aromatic carbocycles. The number of aliphatic imine (C=N–C) groups is 1. The summed E-state index contributed by atoms with van der Waals surface area (Å²) in [5, 5.41) is 3.51. The van der Waals surface area contributed by atoms with Crippen molar-refractivity contribution in [3.05, 3.63) is 65.7 Å². The summed E-state index contributed by atoms with van der Waals surface area (Å²) in [5.41, 5.74) is 3.90. The van der Waals surface area contributed by atoms with Crippen LogP contribution < -0.4 is 10.2 Å². The van der Waals surface area contributed by atoms with E-state index in [2.05, 4.69) is 83.6 Å². The van der Waals surface area contributed by atoms with Gasteiger partial charge in [-0.25, -0.2) is 0 Å². The zero-order valence-electron chi connectivity index (χ0n) is 18.7. The Balaban J connectivity index is 0.00000272. The number of guanidine groups is 1. The summed E-state index contributed by atoms with van der Waals surface area (Å²) in [7, 11) is 0. The van der Waals surface area contributed by atoms with Crippen LogP contribution in [0.2, 0.25) is 0 Å². The molecule has 2 aliphatic rings. The molecule has 0 aromatic heterocycles. The number of halogens is 1. The first kappa shape index (κ1) is 23.9. The fourth-order valence-electron chi connectivity index (χ4n) is 4.47. The first-order valence-electron chi connectivity index (χ1n) is 11.2. The maximum atomic E-state index is 6.11. The lowest BCUT2D eigenvalue weighted by atomic mass is 10.0. The Morgan fingerprint density at radius 1 is 1.06 bits per heavy atom. The smallest absolute Gasteiger partial charge is 0.194 e. The zero-order chi connectivity index (χ0) is 20.8. The highest BCUT2D eigenvalue weighted by Gasteiger charge is 2.26. The molecule has 2 heterocycles. The van der Waals surface area contributed by atoms with Crippen molar-refractivity contribution in [1.82, 2.24) is 10.2 Å². The highest BCUT2D eigenvalue weighted by atomic mass is 127. The van der Waals surface area contributed by atoms with Crippen molar-refractivity contribution in [1.29, 1.82) is 0 Å². The topological polar surface area (TPSA) is 40.1 Å². The Morgan fingerprint density at radius 2 is 1.84 bits per heavy atom. The predicted molar refractivity (Wildman–Crippen MR) is 140 cm³/mol. The molecule has 6 heteroatoms. The van der Waals surface area contributed by atoms with E-state index in [9.17, 15) is 0 Å². The van der Waals surface area contributed by atoms with Gasteiger partial charge < -0.3 is 19.9 Å². The van der Waals surface area contributed by atoms with Crippen LogP contribution in [0.15, 0.2) is 59.6 Å². The second-order valence-electron chi connectivity index (χ2n) is 8.29. The molecule has 2 aliphatic heterocycles. The predicted octanol–water partition coefficient (Wildman–Crippen LogP) is 4.48. The average Bonchev–Trinajstić information content (AvgIpc) is 3.27. The lowest BCUT2D eigenvalue weighted by molar-refractivity contribution is -0.00834. The summed E-state index contributed by atoms with van der Waals surface area (Å²) in [6, 6.07) is 19.3. The minimum absolute atomic E-state index is 0. The number of para-hydroxylation sites is 1. The van der Waals surface area contributed by atoms with Crippen molar-refractivity contribution in [2.75, 3.05) is 50.8 Å². The van der Waals surface area contributed by atoms with Gasteiger partial charge >= 0.3 is 0 Å². The second kappa shape index (κ2) is 11.7. The lowest BCUT2D eigenvalue weighted by Gasteiger charge is -2.36. The van der Waals surface area contributed by atoms with Gasteiger partial charge in [0, 0.05) is 38.4 Å². The molecule has 0 saturated carbocycles. The molecule has 0 aliphatic carbocycles. The maximum Gasteiger partial charge on any atom is 0.194 e. The molecular formula is C25H35IN4O. The first-order valence-corrected chi connectivity index (χ1v) is 11.2. The standard InChI is InChI=1S/C25H34N4O.HI/c1-3-26-25(27-17-21-13-14-28(18-21)22-10-5-4-6-11-22)29-15-16-30-24(19-29)23-12-8-7-9-20(23)2;/h4-12,21,24H,3,13-19H2,1-2H3,(H,26,27);1H. The van der Waals surface area contributed by atoms with Crippen LogP contribution in [-0.2, 0) is 4.74 Å². The van der Waals surface area contributed by atoms with Gasteiger partial charge in [-0.05, 0) is 49.4 Å². The van der Waals surface area contributed by atoms with E-state index in [4.69, 9.17) is 9.73 Å². The number of rotatable bonds is 5. The number of hydrogen-bond donors (Lipinski definition) is 1. The minimum atomic E-state index is 0. The Morgan fingerprint density at radius 3 is 2.61 bits per heavy atom. The number of anilines is 1. The Kier molecular flexibility index (Phi) is 9.02. The van der Waals surface area contributed by atoms with Crippen molar-refractivity contribution in [3.63, 3.8) is 0 Å². The summed E-state index contributed by atoms with van der Waals surface area (Å²) < 4.78 is 6.11. The van der Waals surface area contributed by atoms with Gasteiger partial charge in [0.15, 0.2) is 5.96 Å². The molecule has 2 atom stereocenters. The van der Waals surface area contributed by atoms with Crippen LogP contribution in [0.3, 0.4) is 0 Å². The van der Waals surface area contributed by atoms with E-state index >= 15 is 0 Å². The normalized spacial score (nSPS) is 21.7. The quantitative estimate of drug-likeness (QED) is 0.349. The first-order chi connectivity index (χ1) is 14.7. The number of morpholine rings is 1. The zero-order valence-corrected chi connectivity index (χ0v) is 21.0. The summed E-state index contributed by atoms with van der Waals surface area (Å²) in [5.74, 6) is 1.63. The number of hydrogen-bond acceptors (Lipinski definition) is 3. The second-order valence-corrected chi connectivity index (χ2v) is 8.29. The van der Waals surface area contributed by atoms with Crippen LogP contribution in [-0.4, -0.2) is 56.7 Å². The molecule has 5 nitrogen and oxygen atoms in total. The van der Waals surface area contributed by atoms with Gasteiger partial charge in [-0.15, -0.1) is 24.0 Å². The van der Waals surface area contributed by atoms with Gasteiger partial charge in [0.1, 0.15) is 6.10 Å². The van der Waals surface area contributed by atoms with E-state index in [0.717, 1.165) is 51.8 Å². The summed E-state index contributed by atoms with van der Waals surface area (Å²) >= 11 is 0. The van der Waals surface area contributed by atoms with Crippen LogP contribution in [0.25, 0.3) is 0 Å². The van der Waals surface area contributed by atoms with E-state index in [1.165, 1.54) is 23.2 Å².